The molecular weight excluding hydrogens is 278 g/mol. The molecule has 0 unspecified atom stereocenters. The number of amides is 1. The number of esters is 1. The van der Waals surface area contributed by atoms with Crippen LogP contribution in [0.1, 0.15) is 40.0 Å². The molecule has 21 heavy (non-hydrogen) atoms. The maximum atomic E-state index is 12.0. The Hall–Kier alpha value is -1.63. The second-order valence-electron chi connectivity index (χ2n) is 6.08. The van der Waals surface area contributed by atoms with Gasteiger partial charge in [0.25, 0.3) is 0 Å². The van der Waals surface area contributed by atoms with E-state index in [1.165, 1.54) is 0 Å². The molecule has 1 aliphatic rings. The predicted molar refractivity (Wildman–Crippen MR) is 73.6 cm³/mol. The molecule has 0 aliphatic carbocycles. The van der Waals surface area contributed by atoms with Gasteiger partial charge in [-0.15, -0.1) is 0 Å². The van der Waals surface area contributed by atoms with Crippen molar-refractivity contribution in [3.63, 3.8) is 0 Å². The molecule has 2 N–H and O–H groups in total. The van der Waals surface area contributed by atoms with Gasteiger partial charge in [0.2, 0.25) is 5.91 Å². The lowest BCUT2D eigenvalue weighted by Gasteiger charge is -2.24. The average Bonchev–Trinajstić information content (AvgIpc) is 2.36. The summed E-state index contributed by atoms with van der Waals surface area (Å²) >= 11 is 0. The molecule has 1 heterocycles. The van der Waals surface area contributed by atoms with Crippen molar-refractivity contribution in [1.29, 1.82) is 0 Å². The number of carbonyl (C=O) groups excluding carboxylic acids is 2. The van der Waals surface area contributed by atoms with Crippen LogP contribution >= 0.6 is 0 Å². The molecule has 1 aliphatic heterocycles. The van der Waals surface area contributed by atoms with E-state index in [1.807, 2.05) is 0 Å². The minimum Gasteiger partial charge on any atom is -0.480 e. The van der Waals surface area contributed by atoms with Gasteiger partial charge in [-0.1, -0.05) is 0 Å². The van der Waals surface area contributed by atoms with E-state index in [2.05, 4.69) is 5.32 Å². The Morgan fingerprint density at radius 1 is 1.29 bits per heavy atom. The molecule has 0 bridgehead atoms. The van der Waals surface area contributed by atoms with E-state index in [1.54, 1.807) is 20.8 Å². The number of rotatable bonds is 5. The Bertz CT molecular complexity index is 395. The molecule has 0 spiro atoms. The van der Waals surface area contributed by atoms with E-state index in [0.717, 1.165) is 0 Å². The van der Waals surface area contributed by atoms with E-state index in [4.69, 9.17) is 14.6 Å². The number of carboxylic acids is 1. The van der Waals surface area contributed by atoms with Crippen molar-refractivity contribution in [2.24, 2.45) is 5.92 Å². The summed E-state index contributed by atoms with van der Waals surface area (Å²) in [7, 11) is 0. The lowest BCUT2D eigenvalue weighted by atomic mass is 9.99. The van der Waals surface area contributed by atoms with E-state index < -0.39 is 23.6 Å². The van der Waals surface area contributed by atoms with Crippen LogP contribution < -0.4 is 5.32 Å². The summed E-state index contributed by atoms with van der Waals surface area (Å²) in [5, 5.41) is 11.5. The lowest BCUT2D eigenvalue weighted by molar-refractivity contribution is -0.158. The third kappa shape index (κ3) is 6.57. The fourth-order valence-corrected chi connectivity index (χ4v) is 2.00. The van der Waals surface area contributed by atoms with Crippen molar-refractivity contribution in [2.45, 2.75) is 51.7 Å². The number of nitrogens with one attached hydrogen (secondary N) is 1. The van der Waals surface area contributed by atoms with Crippen LogP contribution in [0, 0.1) is 5.92 Å². The zero-order valence-corrected chi connectivity index (χ0v) is 12.7. The van der Waals surface area contributed by atoms with Crippen molar-refractivity contribution >= 4 is 17.8 Å². The van der Waals surface area contributed by atoms with Gasteiger partial charge in [-0.3, -0.25) is 9.59 Å². The topological polar surface area (TPSA) is 102 Å². The molecule has 0 aromatic heterocycles. The predicted octanol–water partition coefficient (Wildman–Crippen LogP) is 0.714. The van der Waals surface area contributed by atoms with Crippen LogP contribution in [0.15, 0.2) is 0 Å². The van der Waals surface area contributed by atoms with Crippen LogP contribution in [0.5, 0.6) is 0 Å². The number of hydrogen-bond donors (Lipinski definition) is 2. The molecule has 120 valence electrons. The van der Waals surface area contributed by atoms with Crippen molar-refractivity contribution in [3.8, 4) is 0 Å². The number of carboxylic acid groups (broad SMARTS) is 1. The zero-order chi connectivity index (χ0) is 16.0. The second kappa shape index (κ2) is 7.40. The normalized spacial score (nSPS) is 17.9. The van der Waals surface area contributed by atoms with Crippen molar-refractivity contribution in [3.05, 3.63) is 0 Å². The van der Waals surface area contributed by atoms with E-state index in [-0.39, 0.29) is 18.2 Å². The summed E-state index contributed by atoms with van der Waals surface area (Å²) in [5.74, 6) is -2.52. The molecule has 1 atom stereocenters. The first-order valence-electron chi connectivity index (χ1n) is 7.02. The van der Waals surface area contributed by atoms with Gasteiger partial charge in [0.1, 0.15) is 11.6 Å². The van der Waals surface area contributed by atoms with E-state index >= 15 is 0 Å². The lowest BCUT2D eigenvalue weighted by Crippen LogP contribution is -2.46. The molecule has 0 radical (unpaired) electrons. The van der Waals surface area contributed by atoms with E-state index in [0.29, 0.717) is 26.1 Å². The molecule has 0 aromatic carbocycles. The van der Waals surface area contributed by atoms with Crippen LogP contribution in [0.3, 0.4) is 0 Å². The SMILES string of the molecule is CC(C)(C)OC(=O)C[C@H](NC(=O)C1CCOCC1)C(=O)O. The Labute approximate surface area is 124 Å². The Morgan fingerprint density at radius 2 is 1.86 bits per heavy atom. The number of carbonyl (C=O) groups is 3. The molecule has 1 saturated heterocycles. The fraction of sp³-hybridized carbons (Fsp3) is 0.786. The van der Waals surface area contributed by atoms with Gasteiger partial charge in [-0.05, 0) is 33.6 Å². The standard InChI is InChI=1S/C14H23NO6/c1-14(2,3)21-11(16)8-10(13(18)19)15-12(17)9-4-6-20-7-5-9/h9-10H,4-8H2,1-3H3,(H,15,17)(H,18,19)/t10-/m0/s1. The summed E-state index contributed by atoms with van der Waals surface area (Å²) in [6, 6.07) is -1.27. The summed E-state index contributed by atoms with van der Waals surface area (Å²) in [6.45, 7) is 6.06. The van der Waals surface area contributed by atoms with Gasteiger partial charge >= 0.3 is 11.9 Å². The summed E-state index contributed by atoms with van der Waals surface area (Å²) < 4.78 is 10.2. The van der Waals surface area contributed by atoms with Gasteiger partial charge in [0, 0.05) is 19.1 Å². The number of hydrogen-bond acceptors (Lipinski definition) is 5. The molecule has 7 heteroatoms. The molecule has 0 saturated carbocycles. The summed E-state index contributed by atoms with van der Waals surface area (Å²) in [5.41, 5.74) is -0.690. The maximum absolute atomic E-state index is 12.0. The van der Waals surface area contributed by atoms with Gasteiger partial charge < -0.3 is 19.9 Å². The van der Waals surface area contributed by atoms with Crippen LogP contribution in [0.4, 0.5) is 0 Å². The molecule has 7 nitrogen and oxygen atoms in total. The third-order valence-corrected chi connectivity index (χ3v) is 3.00. The highest BCUT2D eigenvalue weighted by molar-refractivity contribution is 5.88. The van der Waals surface area contributed by atoms with Gasteiger partial charge in [0.05, 0.1) is 6.42 Å². The summed E-state index contributed by atoms with van der Waals surface area (Å²) in [6.07, 6.45) is 0.733. The van der Waals surface area contributed by atoms with Gasteiger partial charge in [-0.2, -0.15) is 0 Å². The minimum atomic E-state index is -1.27. The number of aliphatic carboxylic acids is 1. The van der Waals surface area contributed by atoms with Crippen LogP contribution in [0.2, 0.25) is 0 Å². The van der Waals surface area contributed by atoms with Crippen LogP contribution in [0.25, 0.3) is 0 Å². The highest BCUT2D eigenvalue weighted by Crippen LogP contribution is 2.15. The van der Waals surface area contributed by atoms with Crippen molar-refractivity contribution in [1.82, 2.24) is 5.32 Å². The van der Waals surface area contributed by atoms with Crippen molar-refractivity contribution in [2.75, 3.05) is 13.2 Å². The highest BCUT2D eigenvalue weighted by atomic mass is 16.6. The first-order chi connectivity index (χ1) is 9.69. The molecule has 1 fully saturated rings. The van der Waals surface area contributed by atoms with E-state index in [9.17, 15) is 14.4 Å². The minimum absolute atomic E-state index is 0.265. The maximum Gasteiger partial charge on any atom is 0.326 e. The molecule has 0 aromatic rings. The summed E-state index contributed by atoms with van der Waals surface area (Å²) in [4.78, 5) is 34.8. The van der Waals surface area contributed by atoms with Crippen molar-refractivity contribution < 1.29 is 29.0 Å². The Balaban J connectivity index is 2.55. The van der Waals surface area contributed by atoms with Gasteiger partial charge in [0.15, 0.2) is 0 Å². The largest absolute Gasteiger partial charge is 0.480 e. The first kappa shape index (κ1) is 17.4. The average molecular weight is 301 g/mol. The third-order valence-electron chi connectivity index (χ3n) is 3.00. The monoisotopic (exact) mass is 301 g/mol. The quantitative estimate of drug-likeness (QED) is 0.725. The molecule has 1 amide bonds. The first-order valence-corrected chi connectivity index (χ1v) is 7.02. The smallest absolute Gasteiger partial charge is 0.326 e. The highest BCUT2D eigenvalue weighted by Gasteiger charge is 2.29. The van der Waals surface area contributed by atoms with Gasteiger partial charge in [-0.25, -0.2) is 4.79 Å². The Morgan fingerprint density at radius 3 is 2.33 bits per heavy atom. The van der Waals surface area contributed by atoms with Crippen LogP contribution in [-0.4, -0.2) is 47.8 Å². The molecular formula is C14H23NO6. The fourth-order valence-electron chi connectivity index (χ4n) is 2.00. The Kier molecular flexibility index (Phi) is 6.14. The second-order valence-corrected chi connectivity index (χ2v) is 6.08. The van der Waals surface area contributed by atoms with Crippen LogP contribution in [-0.2, 0) is 23.9 Å². The molecule has 1 rings (SSSR count). The zero-order valence-electron chi connectivity index (χ0n) is 12.7. The number of ether oxygens (including phenoxy) is 2.